The molecule has 2 aromatic rings. The molecule has 1 aliphatic carbocycles. The average Bonchev–Trinajstić information content (AvgIpc) is 3.53. The van der Waals surface area contributed by atoms with E-state index in [1.165, 1.54) is 12.0 Å². The maximum Gasteiger partial charge on any atom is 0.408 e. The Hall–Kier alpha value is -4.07. The van der Waals surface area contributed by atoms with Gasteiger partial charge in [0.1, 0.15) is 30.0 Å². The van der Waals surface area contributed by atoms with E-state index in [9.17, 15) is 14.4 Å². The van der Waals surface area contributed by atoms with Crippen molar-refractivity contribution >= 4 is 29.0 Å². The van der Waals surface area contributed by atoms with Crippen LogP contribution in [0, 0.1) is 23.2 Å². The minimum Gasteiger partial charge on any atom is -0.497 e. The van der Waals surface area contributed by atoms with Gasteiger partial charge in [-0.1, -0.05) is 26.7 Å². The second kappa shape index (κ2) is 11.4. The number of nitrogens with zero attached hydrogens (tertiary/aromatic N) is 3. The van der Waals surface area contributed by atoms with Crippen molar-refractivity contribution in [1.82, 2.24) is 20.2 Å². The van der Waals surface area contributed by atoms with Crippen molar-refractivity contribution < 1.29 is 33.3 Å². The molecule has 0 radical (unpaired) electrons. The molecule has 1 aromatic carbocycles. The summed E-state index contributed by atoms with van der Waals surface area (Å²) in [5.74, 6) is 6.41. The molecule has 2 bridgehead atoms. The zero-order valence-corrected chi connectivity index (χ0v) is 24.1. The number of rotatable bonds is 2. The van der Waals surface area contributed by atoms with Crippen LogP contribution >= 0.6 is 0 Å². The van der Waals surface area contributed by atoms with Gasteiger partial charge in [0, 0.05) is 18.9 Å². The number of esters is 1. The smallest absolute Gasteiger partial charge is 0.408 e. The van der Waals surface area contributed by atoms with Gasteiger partial charge in [-0.05, 0) is 48.6 Å². The Kier molecular flexibility index (Phi) is 7.93. The fraction of sp³-hybridized carbons (Fsp3) is 0.567. The molecule has 218 valence electrons. The Morgan fingerprint density at radius 1 is 1.12 bits per heavy atom. The number of aromatic nitrogens is 2. The molecular formula is C30H36N4O7. The van der Waals surface area contributed by atoms with Crippen LogP contribution in [0.25, 0.3) is 11.0 Å². The normalized spacial score (nSPS) is 26.6. The highest BCUT2D eigenvalue weighted by atomic mass is 16.6. The summed E-state index contributed by atoms with van der Waals surface area (Å²) < 4.78 is 22.3. The number of carbonyl (C=O) groups excluding carboxylic acids is 3. The SMILES string of the molecule is COC(=O)[C@@H]1C[C@@H]2CN1C(=O)[C@H](C(C)(C)C)NC(=O)O[C@@H]1C[C@H]1CCCC#Cc1nc3ccc(OC)cc3nc1O2. The number of carbonyl (C=O) groups is 3. The number of nitrogens with one attached hydrogen (secondary N) is 1. The molecule has 0 unspecified atom stereocenters. The molecule has 2 amide bonds. The molecular weight excluding hydrogens is 528 g/mol. The van der Waals surface area contributed by atoms with Crippen LogP contribution in [0.5, 0.6) is 11.6 Å². The van der Waals surface area contributed by atoms with Crippen LogP contribution in [0.4, 0.5) is 4.79 Å². The molecule has 5 atom stereocenters. The number of hydrogen-bond donors (Lipinski definition) is 1. The molecule has 5 rings (SSSR count). The lowest BCUT2D eigenvalue weighted by Gasteiger charge is -2.34. The third-order valence-electron chi connectivity index (χ3n) is 7.71. The minimum atomic E-state index is -0.939. The van der Waals surface area contributed by atoms with E-state index >= 15 is 0 Å². The molecule has 1 saturated carbocycles. The predicted octanol–water partition coefficient (Wildman–Crippen LogP) is 3.22. The average molecular weight is 565 g/mol. The lowest BCUT2D eigenvalue weighted by atomic mass is 9.85. The first kappa shape index (κ1) is 28.5. The second-order valence-electron chi connectivity index (χ2n) is 11.8. The van der Waals surface area contributed by atoms with Crippen LogP contribution < -0.4 is 14.8 Å². The third kappa shape index (κ3) is 6.32. The Labute approximate surface area is 239 Å². The monoisotopic (exact) mass is 564 g/mol. The molecule has 3 aliphatic rings. The Balaban J connectivity index is 1.52. The summed E-state index contributed by atoms with van der Waals surface area (Å²) in [7, 11) is 2.85. The van der Waals surface area contributed by atoms with Gasteiger partial charge in [0.15, 0.2) is 5.69 Å². The lowest BCUT2D eigenvalue weighted by Crippen LogP contribution is -2.57. The summed E-state index contributed by atoms with van der Waals surface area (Å²) in [4.78, 5) is 50.4. The van der Waals surface area contributed by atoms with E-state index in [2.05, 4.69) is 17.2 Å². The fourth-order valence-corrected chi connectivity index (χ4v) is 5.32. The van der Waals surface area contributed by atoms with E-state index in [4.69, 9.17) is 28.9 Å². The van der Waals surface area contributed by atoms with E-state index in [0.29, 0.717) is 28.9 Å². The van der Waals surface area contributed by atoms with Crippen molar-refractivity contribution in [3.05, 3.63) is 23.9 Å². The first-order valence-electron chi connectivity index (χ1n) is 13.9. The van der Waals surface area contributed by atoms with E-state index in [-0.39, 0.29) is 30.9 Å². The summed E-state index contributed by atoms with van der Waals surface area (Å²) in [6.45, 7) is 5.63. The Bertz CT molecular complexity index is 1410. The summed E-state index contributed by atoms with van der Waals surface area (Å²) in [6, 6.07) is 3.53. The predicted molar refractivity (Wildman–Crippen MR) is 148 cm³/mol. The second-order valence-corrected chi connectivity index (χ2v) is 11.8. The van der Waals surface area contributed by atoms with Crippen molar-refractivity contribution in [2.24, 2.45) is 11.3 Å². The van der Waals surface area contributed by atoms with Gasteiger partial charge in [-0.15, -0.1) is 0 Å². The topological polar surface area (TPSA) is 129 Å². The zero-order chi connectivity index (χ0) is 29.3. The molecule has 2 aliphatic heterocycles. The first-order chi connectivity index (χ1) is 19.6. The molecule has 1 saturated heterocycles. The summed E-state index contributed by atoms with van der Waals surface area (Å²) in [5, 5.41) is 2.77. The van der Waals surface area contributed by atoms with Gasteiger partial charge < -0.3 is 29.2 Å². The molecule has 3 heterocycles. The van der Waals surface area contributed by atoms with Crippen LogP contribution in [0.1, 0.15) is 58.6 Å². The third-order valence-corrected chi connectivity index (χ3v) is 7.71. The van der Waals surface area contributed by atoms with Crippen LogP contribution in [0.15, 0.2) is 18.2 Å². The molecule has 0 spiro atoms. The quantitative estimate of drug-likeness (QED) is 0.432. The highest BCUT2D eigenvalue weighted by Crippen LogP contribution is 2.38. The number of fused-ring (bicyclic) bond motifs is 5. The van der Waals surface area contributed by atoms with Crippen LogP contribution in [0.3, 0.4) is 0 Å². The highest BCUT2D eigenvalue weighted by molar-refractivity contribution is 5.91. The zero-order valence-electron chi connectivity index (χ0n) is 24.1. The van der Waals surface area contributed by atoms with Crippen LogP contribution in [-0.4, -0.2) is 77.9 Å². The maximum absolute atomic E-state index is 13.9. The van der Waals surface area contributed by atoms with Crippen molar-refractivity contribution in [2.75, 3.05) is 20.8 Å². The molecule has 11 nitrogen and oxygen atoms in total. The van der Waals surface area contributed by atoms with Crippen molar-refractivity contribution in [3.8, 4) is 23.5 Å². The number of ether oxygens (including phenoxy) is 4. The fourth-order valence-electron chi connectivity index (χ4n) is 5.32. The summed E-state index contributed by atoms with van der Waals surface area (Å²) >= 11 is 0. The molecule has 11 heteroatoms. The van der Waals surface area contributed by atoms with Crippen LogP contribution in [-0.2, 0) is 19.1 Å². The first-order valence-corrected chi connectivity index (χ1v) is 13.9. The van der Waals surface area contributed by atoms with Gasteiger partial charge in [-0.3, -0.25) is 4.79 Å². The number of methoxy groups -OCH3 is 2. The maximum atomic E-state index is 13.9. The molecule has 2 fully saturated rings. The largest absolute Gasteiger partial charge is 0.497 e. The summed E-state index contributed by atoms with van der Waals surface area (Å²) in [5.41, 5.74) is 0.931. The molecule has 1 aromatic heterocycles. The van der Waals surface area contributed by atoms with Gasteiger partial charge in [-0.2, -0.15) is 0 Å². The van der Waals surface area contributed by atoms with E-state index in [0.717, 1.165) is 19.3 Å². The molecule has 41 heavy (non-hydrogen) atoms. The van der Waals surface area contributed by atoms with Gasteiger partial charge in [0.05, 0.1) is 31.8 Å². The lowest BCUT2D eigenvalue weighted by molar-refractivity contribution is -0.152. The number of benzene rings is 1. The van der Waals surface area contributed by atoms with Gasteiger partial charge in [0.25, 0.3) is 0 Å². The molecule has 1 N–H and O–H groups in total. The van der Waals surface area contributed by atoms with E-state index in [1.54, 1.807) is 19.2 Å². The van der Waals surface area contributed by atoms with Crippen molar-refractivity contribution in [3.63, 3.8) is 0 Å². The van der Waals surface area contributed by atoms with Crippen molar-refractivity contribution in [1.29, 1.82) is 0 Å². The highest BCUT2D eigenvalue weighted by Gasteiger charge is 2.47. The standard InChI is InChI=1S/C30H36N4O7/c1-30(2,3)25-27(35)34-16-19(15-23(34)28(36)39-5)40-26-21(31-20-12-11-18(38-4)14-22(20)32-26)10-8-6-7-9-17-13-24(17)41-29(37)33-25/h11-12,14,17,19,23-25H,6-7,9,13,15-16H2,1-5H3,(H,33,37)/t17-,19-,23+,24-,25-/m1/s1. The van der Waals surface area contributed by atoms with Crippen molar-refractivity contribution in [2.45, 2.75) is 77.2 Å². The van der Waals surface area contributed by atoms with Gasteiger partial charge in [0.2, 0.25) is 11.8 Å². The Morgan fingerprint density at radius 2 is 1.93 bits per heavy atom. The Morgan fingerprint density at radius 3 is 2.66 bits per heavy atom. The van der Waals surface area contributed by atoms with Crippen LogP contribution in [0.2, 0.25) is 0 Å². The summed E-state index contributed by atoms with van der Waals surface area (Å²) in [6.07, 6.45) is 1.89. The number of alkyl carbamates (subject to hydrolysis) is 1. The van der Waals surface area contributed by atoms with Gasteiger partial charge in [-0.25, -0.2) is 19.6 Å². The number of amides is 2. The van der Waals surface area contributed by atoms with E-state index in [1.807, 2.05) is 26.8 Å². The van der Waals surface area contributed by atoms with E-state index < -0.39 is 41.6 Å². The van der Waals surface area contributed by atoms with Gasteiger partial charge >= 0.3 is 12.1 Å². The number of hydrogen-bond acceptors (Lipinski definition) is 9. The minimum absolute atomic E-state index is 0.0807.